The zero-order valence-electron chi connectivity index (χ0n) is 13.3. The number of nitrogens with zero attached hydrogens (tertiary/aromatic N) is 1. The fourth-order valence-electron chi connectivity index (χ4n) is 2.08. The molecule has 0 aromatic carbocycles. The summed E-state index contributed by atoms with van der Waals surface area (Å²) in [7, 11) is 0. The first-order valence-corrected chi connectivity index (χ1v) is 7.63. The lowest BCUT2D eigenvalue weighted by Gasteiger charge is -2.30. The maximum absolute atomic E-state index is 12.2. The van der Waals surface area contributed by atoms with E-state index >= 15 is 0 Å². The van der Waals surface area contributed by atoms with Crippen molar-refractivity contribution >= 4 is 42.1 Å². The fraction of sp³-hybridized carbons (Fsp3) is 0.714. The van der Waals surface area contributed by atoms with Gasteiger partial charge in [0.25, 0.3) is 5.91 Å². The van der Waals surface area contributed by atoms with Gasteiger partial charge in [-0.15, -0.1) is 36.2 Å². The minimum absolute atomic E-state index is 0. The van der Waals surface area contributed by atoms with E-state index in [0.29, 0.717) is 24.1 Å². The fourth-order valence-corrected chi connectivity index (χ4v) is 2.90. The number of halogens is 2. The van der Waals surface area contributed by atoms with Crippen molar-refractivity contribution in [3.05, 3.63) is 16.1 Å². The van der Waals surface area contributed by atoms with Gasteiger partial charge < -0.3 is 11.1 Å². The van der Waals surface area contributed by atoms with Crippen LogP contribution < -0.4 is 11.1 Å². The first-order valence-electron chi connectivity index (χ1n) is 6.75. The van der Waals surface area contributed by atoms with Gasteiger partial charge >= 0.3 is 0 Å². The Morgan fingerprint density at radius 2 is 1.95 bits per heavy atom. The average molecular weight is 356 g/mol. The second kappa shape index (κ2) is 9.62. The summed E-state index contributed by atoms with van der Waals surface area (Å²) >= 11 is 1.53. The molecule has 1 aromatic heterocycles. The Kier molecular flexibility index (Phi) is 10.5. The number of aromatic nitrogens is 1. The Morgan fingerprint density at radius 1 is 1.38 bits per heavy atom. The molecule has 1 unspecified atom stereocenters. The number of nitrogens with one attached hydrogen (secondary N) is 1. The topological polar surface area (TPSA) is 68.0 Å². The quantitative estimate of drug-likeness (QED) is 0.818. The molecular formula is C14H27Cl2N3OS. The molecule has 1 amide bonds. The van der Waals surface area contributed by atoms with Crippen LogP contribution in [-0.2, 0) is 0 Å². The van der Waals surface area contributed by atoms with Gasteiger partial charge in [0.1, 0.15) is 5.69 Å². The molecule has 0 saturated carbocycles. The van der Waals surface area contributed by atoms with Gasteiger partial charge in [0.15, 0.2) is 0 Å². The SMILES string of the molecule is CC(C)CC(C)(CN)NC(=O)c1csc(C(C)C)n1.Cl.Cl. The Hall–Kier alpha value is -0.360. The molecule has 1 aromatic rings. The highest BCUT2D eigenvalue weighted by atomic mass is 35.5. The average Bonchev–Trinajstić information content (AvgIpc) is 2.77. The highest BCUT2D eigenvalue weighted by Gasteiger charge is 2.27. The van der Waals surface area contributed by atoms with E-state index in [2.05, 4.69) is 38.0 Å². The van der Waals surface area contributed by atoms with Gasteiger partial charge in [0.05, 0.1) is 10.5 Å². The van der Waals surface area contributed by atoms with Gasteiger partial charge in [0.2, 0.25) is 0 Å². The van der Waals surface area contributed by atoms with Crippen molar-refractivity contribution in [2.45, 2.75) is 52.5 Å². The number of hydrogen-bond donors (Lipinski definition) is 2. The van der Waals surface area contributed by atoms with E-state index in [1.54, 1.807) is 0 Å². The second-order valence-electron chi connectivity index (χ2n) is 6.04. The van der Waals surface area contributed by atoms with Crippen molar-refractivity contribution in [1.82, 2.24) is 10.3 Å². The lowest BCUT2D eigenvalue weighted by atomic mass is 9.90. The lowest BCUT2D eigenvalue weighted by Crippen LogP contribution is -2.52. The molecular weight excluding hydrogens is 329 g/mol. The van der Waals surface area contributed by atoms with E-state index in [0.717, 1.165) is 11.4 Å². The number of carbonyl (C=O) groups is 1. The second-order valence-corrected chi connectivity index (χ2v) is 6.93. The van der Waals surface area contributed by atoms with Crippen LogP contribution in [0.5, 0.6) is 0 Å². The van der Waals surface area contributed by atoms with Crippen molar-refractivity contribution in [2.75, 3.05) is 6.54 Å². The monoisotopic (exact) mass is 355 g/mol. The summed E-state index contributed by atoms with van der Waals surface area (Å²) in [6.07, 6.45) is 0.858. The van der Waals surface area contributed by atoms with Crippen LogP contribution in [-0.4, -0.2) is 23.0 Å². The third-order valence-electron chi connectivity index (χ3n) is 2.97. The zero-order chi connectivity index (χ0) is 14.6. The number of thiazole rings is 1. The van der Waals surface area contributed by atoms with Gasteiger partial charge in [0, 0.05) is 17.8 Å². The Bertz CT molecular complexity index is 438. The van der Waals surface area contributed by atoms with E-state index in [9.17, 15) is 4.79 Å². The number of nitrogens with two attached hydrogens (primary N) is 1. The van der Waals surface area contributed by atoms with Crippen LogP contribution in [0.3, 0.4) is 0 Å². The van der Waals surface area contributed by atoms with E-state index < -0.39 is 0 Å². The van der Waals surface area contributed by atoms with Gasteiger partial charge in [-0.05, 0) is 19.3 Å². The minimum atomic E-state index is -0.368. The van der Waals surface area contributed by atoms with Crippen molar-refractivity contribution < 1.29 is 4.79 Å². The molecule has 0 aliphatic rings. The predicted octanol–water partition coefficient (Wildman–Crippen LogP) is 3.60. The summed E-state index contributed by atoms with van der Waals surface area (Å²) in [6, 6.07) is 0. The molecule has 1 rings (SSSR count). The van der Waals surface area contributed by atoms with Crippen LogP contribution in [0.15, 0.2) is 5.38 Å². The molecule has 0 radical (unpaired) electrons. The van der Waals surface area contributed by atoms with Gasteiger partial charge in [-0.3, -0.25) is 4.79 Å². The van der Waals surface area contributed by atoms with Crippen LogP contribution in [0.25, 0.3) is 0 Å². The standard InChI is InChI=1S/C14H25N3OS.2ClH/c1-9(2)6-14(5,8-15)17-12(18)11-7-19-13(16-11)10(3)4;;/h7,9-10H,6,8,15H2,1-5H3,(H,17,18);2*1H. The summed E-state index contributed by atoms with van der Waals surface area (Å²) in [5, 5.41) is 5.83. The van der Waals surface area contributed by atoms with Gasteiger partial charge in [-0.1, -0.05) is 27.7 Å². The summed E-state index contributed by atoms with van der Waals surface area (Å²) in [6.45, 7) is 10.8. The van der Waals surface area contributed by atoms with Gasteiger partial charge in [-0.2, -0.15) is 0 Å². The third kappa shape index (κ3) is 6.96. The summed E-state index contributed by atoms with van der Waals surface area (Å²) in [4.78, 5) is 16.6. The third-order valence-corrected chi connectivity index (χ3v) is 4.12. The molecule has 0 fully saturated rings. The Balaban J connectivity index is 0. The number of hydrogen-bond acceptors (Lipinski definition) is 4. The Morgan fingerprint density at radius 3 is 2.33 bits per heavy atom. The lowest BCUT2D eigenvalue weighted by molar-refractivity contribution is 0.0893. The maximum atomic E-state index is 12.2. The summed E-state index contributed by atoms with van der Waals surface area (Å²) < 4.78 is 0. The molecule has 1 atom stereocenters. The molecule has 3 N–H and O–H groups in total. The number of carbonyl (C=O) groups excluding carboxylic acids is 1. The maximum Gasteiger partial charge on any atom is 0.271 e. The smallest absolute Gasteiger partial charge is 0.271 e. The first-order chi connectivity index (χ1) is 8.77. The van der Waals surface area contributed by atoms with E-state index in [-0.39, 0.29) is 36.3 Å². The van der Waals surface area contributed by atoms with Gasteiger partial charge in [-0.25, -0.2) is 4.98 Å². The highest BCUT2D eigenvalue weighted by Crippen LogP contribution is 2.20. The van der Waals surface area contributed by atoms with Crippen LogP contribution in [0, 0.1) is 5.92 Å². The van der Waals surface area contributed by atoms with E-state index in [1.807, 2.05) is 12.3 Å². The molecule has 1 heterocycles. The summed E-state index contributed by atoms with van der Waals surface area (Å²) in [5.41, 5.74) is 5.93. The molecule has 0 aliphatic carbocycles. The van der Waals surface area contributed by atoms with Crippen LogP contribution in [0.4, 0.5) is 0 Å². The molecule has 0 saturated heterocycles. The highest BCUT2D eigenvalue weighted by molar-refractivity contribution is 7.09. The molecule has 7 heteroatoms. The van der Waals surface area contributed by atoms with Crippen LogP contribution >= 0.6 is 36.2 Å². The molecule has 0 bridgehead atoms. The molecule has 0 aliphatic heterocycles. The molecule has 21 heavy (non-hydrogen) atoms. The Labute approximate surface area is 144 Å². The normalized spacial score (nSPS) is 13.3. The van der Waals surface area contributed by atoms with Crippen molar-refractivity contribution in [2.24, 2.45) is 11.7 Å². The zero-order valence-corrected chi connectivity index (χ0v) is 15.8. The van der Waals surface area contributed by atoms with Crippen LogP contribution in [0.2, 0.25) is 0 Å². The van der Waals surface area contributed by atoms with Crippen molar-refractivity contribution in [1.29, 1.82) is 0 Å². The van der Waals surface area contributed by atoms with E-state index in [4.69, 9.17) is 5.73 Å². The van der Waals surface area contributed by atoms with Crippen molar-refractivity contribution in [3.8, 4) is 0 Å². The number of rotatable bonds is 6. The van der Waals surface area contributed by atoms with E-state index in [1.165, 1.54) is 11.3 Å². The molecule has 4 nitrogen and oxygen atoms in total. The van der Waals surface area contributed by atoms with Crippen molar-refractivity contribution in [3.63, 3.8) is 0 Å². The van der Waals surface area contributed by atoms with Crippen LogP contribution in [0.1, 0.15) is 62.5 Å². The first kappa shape index (κ1) is 22.9. The predicted molar refractivity (Wildman–Crippen MR) is 95.1 cm³/mol. The molecule has 124 valence electrons. The molecule has 0 spiro atoms. The largest absolute Gasteiger partial charge is 0.344 e. The minimum Gasteiger partial charge on any atom is -0.344 e. The number of amides is 1. The summed E-state index contributed by atoms with van der Waals surface area (Å²) in [5.74, 6) is 0.704.